The van der Waals surface area contributed by atoms with Crippen LogP contribution in [0.2, 0.25) is 0 Å². The highest BCUT2D eigenvalue weighted by Gasteiger charge is 2.38. The quantitative estimate of drug-likeness (QED) is 0.860. The van der Waals surface area contributed by atoms with Crippen molar-refractivity contribution in [3.8, 4) is 0 Å². The number of hydrogen-bond donors (Lipinski definition) is 2. The monoisotopic (exact) mass is 266 g/mol. The molecule has 0 atom stereocenters. The first-order valence-corrected chi connectivity index (χ1v) is 6.47. The highest BCUT2D eigenvalue weighted by atomic mass is 19.1. The molecule has 0 unspecified atom stereocenters. The van der Waals surface area contributed by atoms with Gasteiger partial charge in [0.15, 0.2) is 0 Å². The van der Waals surface area contributed by atoms with Gasteiger partial charge in [-0.2, -0.15) is 0 Å². The second-order valence-electron chi connectivity index (χ2n) is 4.91. The molecule has 0 aromatic heterocycles. The third kappa shape index (κ3) is 3.30. The van der Waals surface area contributed by atoms with E-state index in [1.807, 2.05) is 0 Å². The first kappa shape index (κ1) is 14.0. The molecule has 1 aromatic rings. The van der Waals surface area contributed by atoms with Gasteiger partial charge in [0.2, 0.25) is 5.91 Å². The van der Waals surface area contributed by atoms with Crippen LogP contribution in [0.5, 0.6) is 0 Å². The fourth-order valence-corrected chi connectivity index (χ4v) is 2.26. The van der Waals surface area contributed by atoms with Crippen molar-refractivity contribution in [2.24, 2.45) is 11.1 Å². The molecule has 1 aliphatic heterocycles. The molecule has 3 N–H and O–H groups in total. The zero-order valence-corrected chi connectivity index (χ0v) is 10.8. The predicted octanol–water partition coefficient (Wildman–Crippen LogP) is 1.20. The van der Waals surface area contributed by atoms with E-state index in [9.17, 15) is 9.18 Å². The van der Waals surface area contributed by atoms with Gasteiger partial charge in [0, 0.05) is 26.3 Å². The molecule has 1 fully saturated rings. The summed E-state index contributed by atoms with van der Waals surface area (Å²) in [5, 5.41) is 2.88. The normalized spacial score (nSPS) is 18.0. The maximum absolute atomic E-state index is 12.8. The van der Waals surface area contributed by atoms with Crippen LogP contribution in [0.3, 0.4) is 0 Å². The van der Waals surface area contributed by atoms with E-state index < -0.39 is 5.41 Å². The van der Waals surface area contributed by atoms with Crippen molar-refractivity contribution in [2.45, 2.75) is 19.4 Å². The lowest BCUT2D eigenvalue weighted by Gasteiger charge is -2.34. The van der Waals surface area contributed by atoms with E-state index in [2.05, 4.69) is 5.32 Å². The number of amides is 1. The van der Waals surface area contributed by atoms with Crippen LogP contribution in [0, 0.1) is 11.2 Å². The van der Waals surface area contributed by atoms with Gasteiger partial charge in [-0.05, 0) is 30.5 Å². The molecule has 5 heteroatoms. The molecule has 1 heterocycles. The number of nitrogens with two attached hydrogens (primary N) is 1. The summed E-state index contributed by atoms with van der Waals surface area (Å²) in [7, 11) is 0. The van der Waals surface area contributed by atoms with Crippen molar-refractivity contribution in [3.63, 3.8) is 0 Å². The molecular formula is C14H19FN2O2. The summed E-state index contributed by atoms with van der Waals surface area (Å²) in [5.41, 5.74) is 6.12. The summed E-state index contributed by atoms with van der Waals surface area (Å²) >= 11 is 0. The molecule has 1 aromatic carbocycles. The van der Waals surface area contributed by atoms with Crippen molar-refractivity contribution < 1.29 is 13.9 Å². The maximum Gasteiger partial charge on any atom is 0.227 e. The summed E-state index contributed by atoms with van der Waals surface area (Å²) in [6, 6.07) is 6.09. The fourth-order valence-electron chi connectivity index (χ4n) is 2.26. The lowest BCUT2D eigenvalue weighted by Crippen LogP contribution is -2.48. The van der Waals surface area contributed by atoms with Crippen molar-refractivity contribution in [1.29, 1.82) is 0 Å². The fraction of sp³-hybridized carbons (Fsp3) is 0.500. The van der Waals surface area contributed by atoms with E-state index in [4.69, 9.17) is 10.5 Å². The van der Waals surface area contributed by atoms with Crippen LogP contribution >= 0.6 is 0 Å². The third-order valence-electron chi connectivity index (χ3n) is 3.69. The molecule has 0 saturated carbocycles. The van der Waals surface area contributed by atoms with Crippen LogP contribution < -0.4 is 11.1 Å². The van der Waals surface area contributed by atoms with Gasteiger partial charge in [0.05, 0.1) is 5.41 Å². The molecule has 1 amide bonds. The molecule has 0 aliphatic carbocycles. The Labute approximate surface area is 112 Å². The number of hydrogen-bond acceptors (Lipinski definition) is 3. The molecule has 0 spiro atoms. The number of carbonyl (C=O) groups excluding carboxylic acids is 1. The van der Waals surface area contributed by atoms with Crippen molar-refractivity contribution in [2.75, 3.05) is 19.8 Å². The lowest BCUT2D eigenvalue weighted by molar-refractivity contribution is -0.136. The van der Waals surface area contributed by atoms with Crippen LogP contribution in [-0.2, 0) is 16.1 Å². The average molecular weight is 266 g/mol. The van der Waals surface area contributed by atoms with Gasteiger partial charge in [-0.25, -0.2) is 4.39 Å². The molecule has 2 rings (SSSR count). The Morgan fingerprint density at radius 2 is 1.95 bits per heavy atom. The highest BCUT2D eigenvalue weighted by Crippen LogP contribution is 2.29. The minimum absolute atomic E-state index is 0.0392. The maximum atomic E-state index is 12.8. The lowest BCUT2D eigenvalue weighted by atomic mass is 9.79. The number of ether oxygens (including phenoxy) is 1. The minimum atomic E-state index is -0.516. The number of benzene rings is 1. The Morgan fingerprint density at radius 3 is 2.53 bits per heavy atom. The molecule has 4 nitrogen and oxygen atoms in total. The largest absolute Gasteiger partial charge is 0.381 e. The summed E-state index contributed by atoms with van der Waals surface area (Å²) in [6.45, 7) is 1.86. The molecule has 1 aliphatic rings. The van der Waals surface area contributed by atoms with Crippen LogP contribution in [0.4, 0.5) is 4.39 Å². The summed E-state index contributed by atoms with van der Waals surface area (Å²) in [5.74, 6) is -0.319. The van der Waals surface area contributed by atoms with E-state index in [1.165, 1.54) is 12.1 Å². The molecule has 1 saturated heterocycles. The van der Waals surface area contributed by atoms with E-state index in [0.29, 0.717) is 39.1 Å². The second-order valence-corrected chi connectivity index (χ2v) is 4.91. The van der Waals surface area contributed by atoms with Gasteiger partial charge in [-0.1, -0.05) is 12.1 Å². The molecule has 19 heavy (non-hydrogen) atoms. The smallest absolute Gasteiger partial charge is 0.227 e. The van der Waals surface area contributed by atoms with Gasteiger partial charge in [-0.15, -0.1) is 0 Å². The first-order chi connectivity index (χ1) is 9.16. The number of carbonyl (C=O) groups is 1. The van der Waals surface area contributed by atoms with Gasteiger partial charge in [0.25, 0.3) is 0 Å². The van der Waals surface area contributed by atoms with Crippen LogP contribution in [0.1, 0.15) is 18.4 Å². The Morgan fingerprint density at radius 1 is 1.32 bits per heavy atom. The van der Waals surface area contributed by atoms with Gasteiger partial charge in [-0.3, -0.25) is 4.79 Å². The summed E-state index contributed by atoms with van der Waals surface area (Å²) in [4.78, 5) is 12.3. The van der Waals surface area contributed by atoms with Crippen molar-refractivity contribution >= 4 is 5.91 Å². The Hall–Kier alpha value is -1.46. The molecule has 104 valence electrons. The number of rotatable bonds is 4. The first-order valence-electron chi connectivity index (χ1n) is 6.47. The van der Waals surface area contributed by atoms with Crippen molar-refractivity contribution in [1.82, 2.24) is 5.32 Å². The molecular weight excluding hydrogens is 247 g/mol. The van der Waals surface area contributed by atoms with Gasteiger partial charge in [0.1, 0.15) is 5.82 Å². The summed E-state index contributed by atoms with van der Waals surface area (Å²) in [6.07, 6.45) is 1.30. The SMILES string of the molecule is NCC1(C(=O)NCc2ccc(F)cc2)CCOCC1. The van der Waals surface area contributed by atoms with Gasteiger partial charge < -0.3 is 15.8 Å². The van der Waals surface area contributed by atoms with E-state index >= 15 is 0 Å². The Bertz CT molecular complexity index is 428. The zero-order valence-electron chi connectivity index (χ0n) is 10.8. The average Bonchev–Trinajstić information content (AvgIpc) is 2.47. The molecule has 0 bridgehead atoms. The number of halogens is 1. The summed E-state index contributed by atoms with van der Waals surface area (Å²) < 4.78 is 18.0. The Balaban J connectivity index is 1.94. The minimum Gasteiger partial charge on any atom is -0.381 e. The van der Waals surface area contributed by atoms with E-state index in [0.717, 1.165) is 5.56 Å². The zero-order chi connectivity index (χ0) is 13.7. The second kappa shape index (κ2) is 6.12. The highest BCUT2D eigenvalue weighted by molar-refractivity contribution is 5.83. The van der Waals surface area contributed by atoms with Crippen molar-refractivity contribution in [3.05, 3.63) is 35.6 Å². The third-order valence-corrected chi connectivity index (χ3v) is 3.69. The Kier molecular flexibility index (Phi) is 4.50. The number of nitrogens with one attached hydrogen (secondary N) is 1. The standard InChI is InChI=1S/C14H19FN2O2/c15-12-3-1-11(2-4-12)9-17-13(18)14(10-16)5-7-19-8-6-14/h1-4H,5-10,16H2,(H,17,18). The van der Waals surface area contributed by atoms with E-state index in [-0.39, 0.29) is 11.7 Å². The molecule has 0 radical (unpaired) electrons. The van der Waals surface area contributed by atoms with Gasteiger partial charge >= 0.3 is 0 Å². The van der Waals surface area contributed by atoms with Crippen LogP contribution in [0.15, 0.2) is 24.3 Å². The van der Waals surface area contributed by atoms with Crippen LogP contribution in [-0.4, -0.2) is 25.7 Å². The van der Waals surface area contributed by atoms with Crippen LogP contribution in [0.25, 0.3) is 0 Å². The predicted molar refractivity (Wildman–Crippen MR) is 69.8 cm³/mol. The topological polar surface area (TPSA) is 64.4 Å². The van der Waals surface area contributed by atoms with E-state index in [1.54, 1.807) is 12.1 Å².